The van der Waals surface area contributed by atoms with Crippen molar-refractivity contribution in [1.82, 2.24) is 15.3 Å². The minimum absolute atomic E-state index is 0.400. The van der Waals surface area contributed by atoms with Crippen LogP contribution in [0.15, 0.2) is 24.3 Å². The largest absolute Gasteiger partial charge is 0.341 e. The van der Waals surface area contributed by atoms with Crippen LogP contribution >= 0.6 is 11.6 Å². The molecule has 96 valence electrons. The zero-order chi connectivity index (χ0) is 13.1. The second-order valence-corrected chi connectivity index (χ2v) is 5.08. The molecule has 1 aromatic carbocycles. The van der Waals surface area contributed by atoms with Gasteiger partial charge in [0, 0.05) is 17.1 Å². The number of hydrogen-bond donors (Lipinski definition) is 2. The molecule has 0 aliphatic heterocycles. The Labute approximate surface area is 113 Å². The molecule has 1 aromatic heterocycles. The number of nitrogens with one attached hydrogen (secondary N) is 2. The van der Waals surface area contributed by atoms with Gasteiger partial charge >= 0.3 is 0 Å². The predicted molar refractivity (Wildman–Crippen MR) is 75.9 cm³/mol. The van der Waals surface area contributed by atoms with Crippen molar-refractivity contribution in [3.05, 3.63) is 40.7 Å². The summed E-state index contributed by atoms with van der Waals surface area (Å²) < 4.78 is 0. The summed E-state index contributed by atoms with van der Waals surface area (Å²) in [5, 5.41) is 3.89. The van der Waals surface area contributed by atoms with Gasteiger partial charge in [0.2, 0.25) is 0 Å². The standard InChI is InChI=1S/C14H18ClN3/c1-9(2)13-12(8-16-3)17-14(18-13)10-5-4-6-11(15)7-10/h4-7,9,16H,8H2,1-3H3,(H,17,18). The molecule has 0 amide bonds. The Morgan fingerprint density at radius 3 is 2.78 bits per heavy atom. The van der Waals surface area contributed by atoms with E-state index >= 15 is 0 Å². The lowest BCUT2D eigenvalue weighted by molar-refractivity contribution is 0.750. The predicted octanol–water partition coefficient (Wildman–Crippen LogP) is 3.57. The number of benzene rings is 1. The Kier molecular flexibility index (Phi) is 4.04. The first kappa shape index (κ1) is 13.1. The van der Waals surface area contributed by atoms with Crippen molar-refractivity contribution in [2.45, 2.75) is 26.3 Å². The molecule has 0 atom stereocenters. The van der Waals surface area contributed by atoms with Crippen LogP contribution in [-0.4, -0.2) is 17.0 Å². The quantitative estimate of drug-likeness (QED) is 0.885. The van der Waals surface area contributed by atoms with E-state index < -0.39 is 0 Å². The van der Waals surface area contributed by atoms with E-state index in [-0.39, 0.29) is 0 Å². The summed E-state index contributed by atoms with van der Waals surface area (Å²) in [5.74, 6) is 1.28. The van der Waals surface area contributed by atoms with E-state index in [1.165, 1.54) is 0 Å². The molecule has 0 fully saturated rings. The molecule has 2 N–H and O–H groups in total. The molecule has 2 rings (SSSR count). The maximum absolute atomic E-state index is 6.01. The maximum Gasteiger partial charge on any atom is 0.137 e. The fraction of sp³-hybridized carbons (Fsp3) is 0.357. The second-order valence-electron chi connectivity index (χ2n) is 4.64. The van der Waals surface area contributed by atoms with Gasteiger partial charge < -0.3 is 10.3 Å². The van der Waals surface area contributed by atoms with Crippen molar-refractivity contribution in [3.8, 4) is 11.4 Å². The smallest absolute Gasteiger partial charge is 0.137 e. The van der Waals surface area contributed by atoms with Gasteiger partial charge in [-0.2, -0.15) is 0 Å². The SMILES string of the molecule is CNCc1[nH]c(-c2cccc(Cl)c2)nc1C(C)C. The van der Waals surface area contributed by atoms with E-state index in [2.05, 4.69) is 29.1 Å². The van der Waals surface area contributed by atoms with Crippen molar-refractivity contribution < 1.29 is 0 Å². The van der Waals surface area contributed by atoms with Gasteiger partial charge in [0.05, 0.1) is 11.4 Å². The molecule has 0 unspecified atom stereocenters. The first-order valence-electron chi connectivity index (χ1n) is 6.11. The molecule has 0 spiro atoms. The van der Waals surface area contributed by atoms with Gasteiger partial charge in [-0.05, 0) is 25.1 Å². The molecule has 3 nitrogen and oxygen atoms in total. The first-order valence-corrected chi connectivity index (χ1v) is 6.49. The monoisotopic (exact) mass is 263 g/mol. The van der Waals surface area contributed by atoms with Crippen LogP contribution in [0.2, 0.25) is 5.02 Å². The number of aromatic amines is 1. The van der Waals surface area contributed by atoms with Crippen molar-refractivity contribution in [1.29, 1.82) is 0 Å². The summed E-state index contributed by atoms with van der Waals surface area (Å²) in [5.41, 5.74) is 3.27. The number of aromatic nitrogens is 2. The highest BCUT2D eigenvalue weighted by Gasteiger charge is 2.13. The Hall–Kier alpha value is -1.32. The molecule has 0 aliphatic rings. The number of rotatable bonds is 4. The minimum atomic E-state index is 0.400. The van der Waals surface area contributed by atoms with Gasteiger partial charge in [-0.25, -0.2) is 4.98 Å². The summed E-state index contributed by atoms with van der Waals surface area (Å²) in [4.78, 5) is 8.06. The van der Waals surface area contributed by atoms with E-state index in [9.17, 15) is 0 Å². The van der Waals surface area contributed by atoms with E-state index in [0.29, 0.717) is 5.92 Å². The summed E-state index contributed by atoms with van der Waals surface area (Å²) in [6.07, 6.45) is 0. The molecule has 2 aromatic rings. The van der Waals surface area contributed by atoms with Crippen LogP contribution in [0.5, 0.6) is 0 Å². The molecular weight excluding hydrogens is 246 g/mol. The number of nitrogens with zero attached hydrogens (tertiary/aromatic N) is 1. The van der Waals surface area contributed by atoms with Crippen molar-refractivity contribution in [2.24, 2.45) is 0 Å². The lowest BCUT2D eigenvalue weighted by Crippen LogP contribution is -2.08. The van der Waals surface area contributed by atoms with Gasteiger partial charge in [-0.1, -0.05) is 37.6 Å². The van der Waals surface area contributed by atoms with Gasteiger partial charge in [-0.15, -0.1) is 0 Å². The van der Waals surface area contributed by atoms with E-state index in [1.54, 1.807) is 0 Å². The molecule has 18 heavy (non-hydrogen) atoms. The Bertz CT molecular complexity index is 532. The Morgan fingerprint density at radius 2 is 2.17 bits per heavy atom. The third-order valence-electron chi connectivity index (χ3n) is 2.81. The van der Waals surface area contributed by atoms with Crippen LogP contribution in [0.4, 0.5) is 0 Å². The number of H-pyrrole nitrogens is 1. The molecule has 0 saturated carbocycles. The molecule has 0 saturated heterocycles. The van der Waals surface area contributed by atoms with Gasteiger partial charge in [-0.3, -0.25) is 0 Å². The third-order valence-corrected chi connectivity index (χ3v) is 3.04. The molecule has 0 aliphatic carbocycles. The summed E-state index contributed by atoms with van der Waals surface area (Å²) in [6, 6.07) is 7.74. The zero-order valence-corrected chi connectivity index (χ0v) is 11.7. The number of halogens is 1. The lowest BCUT2D eigenvalue weighted by atomic mass is 10.1. The topological polar surface area (TPSA) is 40.7 Å². The van der Waals surface area contributed by atoms with E-state index in [4.69, 9.17) is 11.6 Å². The Balaban J connectivity index is 2.43. The highest BCUT2D eigenvalue weighted by atomic mass is 35.5. The van der Waals surface area contributed by atoms with Gasteiger partial charge in [0.15, 0.2) is 0 Å². The van der Waals surface area contributed by atoms with Crippen LogP contribution in [-0.2, 0) is 6.54 Å². The molecular formula is C14H18ClN3. The molecule has 1 heterocycles. The van der Waals surface area contributed by atoms with Crippen LogP contribution in [0, 0.1) is 0 Å². The average molecular weight is 264 g/mol. The summed E-state index contributed by atoms with van der Waals surface area (Å²) in [7, 11) is 1.93. The highest BCUT2D eigenvalue weighted by Crippen LogP contribution is 2.24. The molecule has 0 bridgehead atoms. The lowest BCUT2D eigenvalue weighted by Gasteiger charge is -2.03. The average Bonchev–Trinajstić information content (AvgIpc) is 2.74. The van der Waals surface area contributed by atoms with Crippen molar-refractivity contribution in [3.63, 3.8) is 0 Å². The first-order chi connectivity index (χ1) is 8.61. The number of imidazole rings is 1. The van der Waals surface area contributed by atoms with Crippen LogP contribution in [0.1, 0.15) is 31.2 Å². The summed E-state index contributed by atoms with van der Waals surface area (Å²) in [6.45, 7) is 5.09. The van der Waals surface area contributed by atoms with Gasteiger partial charge in [0.25, 0.3) is 0 Å². The van der Waals surface area contributed by atoms with Crippen molar-refractivity contribution in [2.75, 3.05) is 7.05 Å². The van der Waals surface area contributed by atoms with Crippen LogP contribution < -0.4 is 5.32 Å². The highest BCUT2D eigenvalue weighted by molar-refractivity contribution is 6.30. The second kappa shape index (κ2) is 5.55. The fourth-order valence-electron chi connectivity index (χ4n) is 1.98. The normalized spacial score (nSPS) is 11.2. The van der Waals surface area contributed by atoms with E-state index in [1.807, 2.05) is 31.3 Å². The zero-order valence-electron chi connectivity index (χ0n) is 10.9. The van der Waals surface area contributed by atoms with E-state index in [0.717, 1.165) is 34.3 Å². The van der Waals surface area contributed by atoms with Crippen LogP contribution in [0.3, 0.4) is 0 Å². The van der Waals surface area contributed by atoms with Crippen LogP contribution in [0.25, 0.3) is 11.4 Å². The molecule has 4 heteroatoms. The molecule has 0 radical (unpaired) electrons. The fourth-order valence-corrected chi connectivity index (χ4v) is 2.17. The maximum atomic E-state index is 6.01. The minimum Gasteiger partial charge on any atom is -0.341 e. The van der Waals surface area contributed by atoms with Gasteiger partial charge in [0.1, 0.15) is 5.82 Å². The third kappa shape index (κ3) is 2.74. The Morgan fingerprint density at radius 1 is 1.39 bits per heavy atom. The summed E-state index contributed by atoms with van der Waals surface area (Å²) >= 11 is 6.01. The van der Waals surface area contributed by atoms with Crippen molar-refractivity contribution >= 4 is 11.6 Å². The number of hydrogen-bond acceptors (Lipinski definition) is 2.